The molecule has 0 saturated carbocycles. The number of hydrogen-bond donors (Lipinski definition) is 1. The van der Waals surface area contributed by atoms with Crippen molar-refractivity contribution in [3.8, 4) is 0 Å². The highest BCUT2D eigenvalue weighted by Crippen LogP contribution is 2.38. The van der Waals surface area contributed by atoms with Crippen LogP contribution in [0.2, 0.25) is 0 Å². The van der Waals surface area contributed by atoms with Gasteiger partial charge in [-0.2, -0.15) is 0 Å². The van der Waals surface area contributed by atoms with Crippen molar-refractivity contribution < 1.29 is 37.3 Å². The zero-order chi connectivity index (χ0) is 62.1. The second kappa shape index (κ2) is 63.2. The van der Waals surface area contributed by atoms with Crippen molar-refractivity contribution in [2.24, 2.45) is 0 Å². The van der Waals surface area contributed by atoms with Crippen molar-refractivity contribution in [1.29, 1.82) is 0 Å². The Balaban J connectivity index is 5.13. The minimum Gasteiger partial charge on any atom is -0.756 e. The number of nitrogens with zero attached hydrogens (tertiary/aromatic N) is 1. The lowest BCUT2D eigenvalue weighted by atomic mass is 10.0. The van der Waals surface area contributed by atoms with E-state index in [4.69, 9.17) is 13.8 Å². The predicted octanol–water partition coefficient (Wildman–Crippen LogP) is 21.4. The first kappa shape index (κ1) is 81.2. The van der Waals surface area contributed by atoms with Crippen LogP contribution in [0.5, 0.6) is 0 Å². The molecule has 1 N–H and O–H groups in total. The van der Waals surface area contributed by atoms with E-state index >= 15 is 0 Å². The van der Waals surface area contributed by atoms with Crippen molar-refractivity contribution in [2.75, 3.05) is 40.9 Å². The van der Waals surface area contributed by atoms with Crippen molar-refractivity contribution in [1.82, 2.24) is 5.32 Å². The van der Waals surface area contributed by atoms with Crippen LogP contribution >= 0.6 is 7.82 Å². The monoisotopic (exact) mass is 1200 g/mol. The number of nitrogens with one attached hydrogen (secondary N) is 1. The van der Waals surface area contributed by atoms with Gasteiger partial charge in [0.2, 0.25) is 5.91 Å². The average Bonchev–Trinajstić information content (AvgIpc) is 3.64. The summed E-state index contributed by atoms with van der Waals surface area (Å²) < 4.78 is 30.4. The molecular weight excluding hydrogens is 1070 g/mol. The fraction of sp³-hybridized carbons (Fsp3) is 0.680. The molecular formula is C75H129N2O7P. The number of carbonyl (C=O) groups excluding carboxylic acids is 2. The van der Waals surface area contributed by atoms with Crippen LogP contribution in [0.25, 0.3) is 0 Å². The van der Waals surface area contributed by atoms with Crippen molar-refractivity contribution in [3.63, 3.8) is 0 Å². The Bertz CT molecular complexity index is 1920. The summed E-state index contributed by atoms with van der Waals surface area (Å²) >= 11 is 0. The van der Waals surface area contributed by atoms with Crippen molar-refractivity contribution >= 4 is 19.7 Å². The van der Waals surface area contributed by atoms with Gasteiger partial charge >= 0.3 is 5.97 Å². The van der Waals surface area contributed by atoms with Gasteiger partial charge in [-0.15, -0.1) is 0 Å². The number of allylic oxidation sites excluding steroid dienone is 21. The van der Waals surface area contributed by atoms with Gasteiger partial charge in [0.15, 0.2) is 0 Å². The topological polar surface area (TPSA) is 114 Å². The number of esters is 1. The standard InChI is InChI=1S/C75H129N2O7P/c1-7-10-13-16-19-22-25-27-29-31-33-35-36-37-38-39-40-42-43-45-47-49-52-55-58-61-64-67-74(78)76-72(71-83-85(80,81)82-70-69-77(4,5)6)73(66-63-60-57-54-51-24-21-18-15-12-9-3)84-75(79)68-65-62-59-56-53-50-48-46-44-41-34-32-30-28-26-23-20-17-14-11-8-2/h10,13,19-20,22-23,27-30,33-35,37-38,40-42,46,48,63,66,72-73H,7-9,11-12,14-18,21,24-26,31-32,36,39,43-45,47,49-62,64-65,67-71H2,1-6H3,(H-,76,78,80,81)/b13-10-,22-19-,23-20-,29-27-,30-28-,35-33-,38-37-,41-34-,42-40-,48-46-,66-63-. The Morgan fingerprint density at radius 2 is 0.753 bits per heavy atom. The number of ether oxygens (including phenoxy) is 1. The lowest BCUT2D eigenvalue weighted by Crippen LogP contribution is -2.47. The van der Waals surface area contributed by atoms with Crippen LogP contribution in [0, 0.1) is 0 Å². The molecule has 0 spiro atoms. The molecule has 0 aliphatic carbocycles. The number of unbranched alkanes of at least 4 members (excludes halogenated alkanes) is 25. The molecule has 1 amide bonds. The van der Waals surface area contributed by atoms with E-state index in [1.165, 1.54) is 96.3 Å². The molecule has 0 radical (unpaired) electrons. The summed E-state index contributed by atoms with van der Waals surface area (Å²) in [5, 5.41) is 3.03. The number of amides is 1. The van der Waals surface area contributed by atoms with Crippen LogP contribution in [0.1, 0.15) is 278 Å². The Morgan fingerprint density at radius 1 is 0.424 bits per heavy atom. The Labute approximate surface area is 524 Å². The van der Waals surface area contributed by atoms with Crippen LogP contribution < -0.4 is 10.2 Å². The van der Waals surface area contributed by atoms with Gasteiger partial charge in [-0.1, -0.05) is 270 Å². The minimum atomic E-state index is -4.72. The van der Waals surface area contributed by atoms with E-state index in [1.807, 2.05) is 33.3 Å². The van der Waals surface area contributed by atoms with Gasteiger partial charge in [0, 0.05) is 12.8 Å². The molecule has 10 heteroatoms. The molecule has 0 aliphatic rings. The third-order valence-corrected chi connectivity index (χ3v) is 15.5. The molecule has 0 saturated heterocycles. The first-order valence-corrected chi connectivity index (χ1v) is 36.0. The van der Waals surface area contributed by atoms with Gasteiger partial charge < -0.3 is 28.5 Å². The van der Waals surface area contributed by atoms with Gasteiger partial charge in [-0.05, 0) is 128 Å². The first-order valence-electron chi connectivity index (χ1n) is 34.5. The molecule has 9 nitrogen and oxygen atoms in total. The van der Waals surface area contributed by atoms with Crippen LogP contribution in [0.4, 0.5) is 0 Å². The molecule has 0 heterocycles. The number of carbonyl (C=O) groups is 2. The Kier molecular flexibility index (Phi) is 60.3. The normalized spacial score (nSPS) is 14.4. The highest BCUT2D eigenvalue weighted by Gasteiger charge is 2.27. The highest BCUT2D eigenvalue weighted by atomic mass is 31.2. The second-order valence-corrected chi connectivity index (χ2v) is 25.4. The quantitative estimate of drug-likeness (QED) is 0.0212. The number of phosphoric acid groups is 1. The summed E-state index contributed by atoms with van der Waals surface area (Å²) in [6.07, 6.45) is 89.9. The summed E-state index contributed by atoms with van der Waals surface area (Å²) in [5.74, 6) is -0.578. The van der Waals surface area contributed by atoms with E-state index in [9.17, 15) is 19.0 Å². The molecule has 0 fully saturated rings. The van der Waals surface area contributed by atoms with Crippen LogP contribution in [-0.2, 0) is 27.9 Å². The molecule has 3 atom stereocenters. The lowest BCUT2D eigenvalue weighted by molar-refractivity contribution is -0.870. The zero-order valence-electron chi connectivity index (χ0n) is 55.5. The fourth-order valence-corrected chi connectivity index (χ4v) is 10.00. The van der Waals surface area contributed by atoms with Gasteiger partial charge in [0.05, 0.1) is 33.8 Å². The number of rotatable bonds is 61. The summed E-state index contributed by atoms with van der Waals surface area (Å²) in [6.45, 7) is 6.67. The summed E-state index contributed by atoms with van der Waals surface area (Å²) in [4.78, 5) is 40.1. The Hall–Kier alpha value is -3.85. The third-order valence-electron chi connectivity index (χ3n) is 14.6. The van der Waals surface area contributed by atoms with E-state index in [0.29, 0.717) is 23.9 Å². The number of quaternary nitrogens is 1. The Morgan fingerprint density at radius 3 is 1.15 bits per heavy atom. The molecule has 3 unspecified atom stereocenters. The SMILES string of the molecule is CC/C=C\C/C=C\C/C=C\C/C=C\C/C=C\C/C=C\CCCCCCCCCCC(=O)NC(COP(=O)([O-])OCC[N+](C)(C)C)C(/C=C\CCCCCCCCCCC)OC(=O)CCCCCCC/C=C\C/C=C\C/C=C\C/C=C\CCCCC. The summed E-state index contributed by atoms with van der Waals surface area (Å²) in [6, 6.07) is -0.911. The fourth-order valence-electron chi connectivity index (χ4n) is 9.27. The van der Waals surface area contributed by atoms with Crippen LogP contribution in [0.15, 0.2) is 134 Å². The van der Waals surface area contributed by atoms with Crippen LogP contribution in [0.3, 0.4) is 0 Å². The third kappa shape index (κ3) is 64.5. The van der Waals surface area contributed by atoms with Crippen molar-refractivity contribution in [3.05, 3.63) is 134 Å². The van der Waals surface area contributed by atoms with E-state index in [-0.39, 0.29) is 24.9 Å². The molecule has 0 bridgehead atoms. The maximum Gasteiger partial charge on any atom is 0.306 e. The molecule has 0 aliphatic heterocycles. The molecule has 0 aromatic carbocycles. The van der Waals surface area contributed by atoms with E-state index in [2.05, 4.69) is 148 Å². The van der Waals surface area contributed by atoms with Crippen molar-refractivity contribution in [2.45, 2.75) is 290 Å². The largest absolute Gasteiger partial charge is 0.756 e. The highest BCUT2D eigenvalue weighted by molar-refractivity contribution is 7.45. The van der Waals surface area contributed by atoms with E-state index in [0.717, 1.165) is 141 Å². The van der Waals surface area contributed by atoms with Gasteiger partial charge in [-0.25, -0.2) is 0 Å². The number of hydrogen-bond acceptors (Lipinski definition) is 7. The van der Waals surface area contributed by atoms with E-state index in [1.54, 1.807) is 0 Å². The zero-order valence-corrected chi connectivity index (χ0v) is 56.4. The van der Waals surface area contributed by atoms with Gasteiger partial charge in [0.1, 0.15) is 19.3 Å². The number of phosphoric ester groups is 1. The lowest BCUT2D eigenvalue weighted by Gasteiger charge is -2.30. The molecule has 85 heavy (non-hydrogen) atoms. The van der Waals surface area contributed by atoms with Gasteiger partial charge in [-0.3, -0.25) is 14.2 Å². The molecule has 0 aromatic heterocycles. The smallest absolute Gasteiger partial charge is 0.306 e. The number of likely N-dealkylation sites (N-methyl/N-ethyl adjacent to an activating group) is 1. The van der Waals surface area contributed by atoms with Gasteiger partial charge in [0.25, 0.3) is 7.82 Å². The maximum atomic E-state index is 13.6. The average molecular weight is 1200 g/mol. The summed E-state index contributed by atoms with van der Waals surface area (Å²) in [7, 11) is 1.15. The predicted molar refractivity (Wildman–Crippen MR) is 366 cm³/mol. The first-order chi connectivity index (χ1) is 41.4. The molecule has 486 valence electrons. The minimum absolute atomic E-state index is 0.0345. The van der Waals surface area contributed by atoms with Crippen LogP contribution in [-0.4, -0.2) is 69.4 Å². The second-order valence-electron chi connectivity index (χ2n) is 23.9. The molecule has 0 aromatic rings. The maximum absolute atomic E-state index is 13.6. The molecule has 0 rings (SSSR count). The summed E-state index contributed by atoms with van der Waals surface area (Å²) in [5.41, 5.74) is 0. The van der Waals surface area contributed by atoms with E-state index < -0.39 is 26.6 Å².